The summed E-state index contributed by atoms with van der Waals surface area (Å²) in [4.78, 5) is 0. The lowest BCUT2D eigenvalue weighted by Gasteiger charge is -2.49. The number of hydrogen-bond donors (Lipinski definition) is 1. The quantitative estimate of drug-likeness (QED) is 0.771. The number of rotatable bonds is 7. The van der Waals surface area contributed by atoms with Gasteiger partial charge < -0.3 is 10.1 Å². The van der Waals surface area contributed by atoms with Crippen LogP contribution in [0.25, 0.3) is 0 Å². The van der Waals surface area contributed by atoms with E-state index in [0.29, 0.717) is 0 Å². The minimum Gasteiger partial charge on any atom is -0.383 e. The standard InChI is InChI=1S/C16H24ClNO/c1-3-13-10-16(11-13,12-18-8-9-19-2)14-6-4-5-7-15(14)17/h4-7,13,18H,3,8-12H2,1-2H3. The lowest BCUT2D eigenvalue weighted by molar-refractivity contribution is 0.128. The molecule has 0 spiro atoms. The highest BCUT2D eigenvalue weighted by Gasteiger charge is 2.45. The number of hydrogen-bond acceptors (Lipinski definition) is 2. The maximum atomic E-state index is 6.40. The summed E-state index contributed by atoms with van der Waals surface area (Å²) < 4.78 is 5.09. The average molecular weight is 282 g/mol. The molecule has 0 atom stereocenters. The molecule has 3 heteroatoms. The smallest absolute Gasteiger partial charge is 0.0587 e. The molecule has 1 saturated carbocycles. The molecule has 0 saturated heterocycles. The van der Waals surface area contributed by atoms with Crippen LogP contribution >= 0.6 is 11.6 Å². The summed E-state index contributed by atoms with van der Waals surface area (Å²) in [6.07, 6.45) is 3.75. The molecular formula is C16H24ClNO. The van der Waals surface area contributed by atoms with E-state index in [0.717, 1.165) is 30.6 Å². The van der Waals surface area contributed by atoms with E-state index in [1.54, 1.807) is 7.11 Å². The Morgan fingerprint density at radius 1 is 1.37 bits per heavy atom. The van der Waals surface area contributed by atoms with Crippen LogP contribution in [-0.4, -0.2) is 26.8 Å². The van der Waals surface area contributed by atoms with Gasteiger partial charge in [0.15, 0.2) is 0 Å². The zero-order valence-electron chi connectivity index (χ0n) is 11.9. The van der Waals surface area contributed by atoms with Gasteiger partial charge in [-0.2, -0.15) is 0 Å². The van der Waals surface area contributed by atoms with E-state index in [9.17, 15) is 0 Å². The van der Waals surface area contributed by atoms with E-state index >= 15 is 0 Å². The van der Waals surface area contributed by atoms with Gasteiger partial charge in [-0.25, -0.2) is 0 Å². The van der Waals surface area contributed by atoms with Crippen LogP contribution in [0, 0.1) is 5.92 Å². The van der Waals surface area contributed by atoms with Crippen molar-refractivity contribution in [3.8, 4) is 0 Å². The highest BCUT2D eigenvalue weighted by Crippen LogP contribution is 2.50. The van der Waals surface area contributed by atoms with Crippen molar-refractivity contribution in [2.45, 2.75) is 31.6 Å². The average Bonchev–Trinajstić information content (AvgIpc) is 2.38. The van der Waals surface area contributed by atoms with Crippen LogP contribution in [0.15, 0.2) is 24.3 Å². The molecule has 0 unspecified atom stereocenters. The van der Waals surface area contributed by atoms with Gasteiger partial charge in [0.05, 0.1) is 6.61 Å². The van der Waals surface area contributed by atoms with Crippen molar-refractivity contribution >= 4 is 11.6 Å². The highest BCUT2D eigenvalue weighted by atomic mass is 35.5. The fourth-order valence-corrected chi connectivity index (χ4v) is 3.52. The highest BCUT2D eigenvalue weighted by molar-refractivity contribution is 6.31. The molecule has 19 heavy (non-hydrogen) atoms. The maximum absolute atomic E-state index is 6.40. The van der Waals surface area contributed by atoms with Crippen LogP contribution in [0.4, 0.5) is 0 Å². The molecule has 1 aromatic rings. The largest absolute Gasteiger partial charge is 0.383 e. The first-order chi connectivity index (χ1) is 9.22. The van der Waals surface area contributed by atoms with Gasteiger partial charge in [0.2, 0.25) is 0 Å². The van der Waals surface area contributed by atoms with E-state index in [2.05, 4.69) is 24.4 Å². The van der Waals surface area contributed by atoms with Crippen LogP contribution in [0.1, 0.15) is 31.7 Å². The van der Waals surface area contributed by atoms with Crippen molar-refractivity contribution in [1.29, 1.82) is 0 Å². The molecule has 2 nitrogen and oxygen atoms in total. The Kier molecular flexibility index (Phi) is 5.26. The van der Waals surface area contributed by atoms with Gasteiger partial charge in [-0.05, 0) is 30.4 Å². The molecule has 0 aromatic heterocycles. The van der Waals surface area contributed by atoms with Gasteiger partial charge in [-0.1, -0.05) is 43.1 Å². The first kappa shape index (κ1) is 14.8. The van der Waals surface area contributed by atoms with E-state index in [4.69, 9.17) is 16.3 Å². The van der Waals surface area contributed by atoms with E-state index in [1.165, 1.54) is 24.8 Å². The molecule has 1 aliphatic rings. The molecule has 1 N–H and O–H groups in total. The fourth-order valence-electron chi connectivity index (χ4n) is 3.19. The van der Waals surface area contributed by atoms with Crippen LogP contribution in [0.5, 0.6) is 0 Å². The first-order valence-electron chi connectivity index (χ1n) is 7.16. The Balaban J connectivity index is 2.06. The first-order valence-corrected chi connectivity index (χ1v) is 7.54. The topological polar surface area (TPSA) is 21.3 Å². The minimum absolute atomic E-state index is 0.229. The maximum Gasteiger partial charge on any atom is 0.0587 e. The third-order valence-corrected chi connectivity index (χ3v) is 4.66. The molecule has 1 aromatic carbocycles. The normalized spacial score (nSPS) is 26.2. The van der Waals surface area contributed by atoms with Crippen molar-refractivity contribution in [1.82, 2.24) is 5.32 Å². The van der Waals surface area contributed by atoms with Crippen LogP contribution < -0.4 is 5.32 Å². The van der Waals surface area contributed by atoms with Gasteiger partial charge in [0, 0.05) is 30.6 Å². The summed E-state index contributed by atoms with van der Waals surface area (Å²) >= 11 is 6.40. The Labute approximate surface area is 121 Å². The van der Waals surface area contributed by atoms with Crippen molar-refractivity contribution in [2.75, 3.05) is 26.8 Å². The van der Waals surface area contributed by atoms with Gasteiger partial charge in [0.25, 0.3) is 0 Å². The number of ether oxygens (including phenoxy) is 1. The molecule has 0 amide bonds. The van der Waals surface area contributed by atoms with Crippen LogP contribution in [0.3, 0.4) is 0 Å². The molecular weight excluding hydrogens is 258 g/mol. The third-order valence-electron chi connectivity index (χ3n) is 4.33. The number of nitrogens with one attached hydrogen (secondary N) is 1. The van der Waals surface area contributed by atoms with Gasteiger partial charge >= 0.3 is 0 Å². The molecule has 2 rings (SSSR count). The lowest BCUT2D eigenvalue weighted by atomic mass is 9.58. The summed E-state index contributed by atoms with van der Waals surface area (Å²) in [5.41, 5.74) is 1.54. The molecule has 0 radical (unpaired) electrons. The predicted octanol–water partition coefficient (Wildman–Crippen LogP) is 3.63. The second kappa shape index (κ2) is 6.74. The summed E-state index contributed by atoms with van der Waals surface area (Å²) in [5, 5.41) is 4.42. The summed E-state index contributed by atoms with van der Waals surface area (Å²) in [6, 6.07) is 8.30. The van der Waals surface area contributed by atoms with Crippen molar-refractivity contribution in [3.63, 3.8) is 0 Å². The minimum atomic E-state index is 0.229. The predicted molar refractivity (Wildman–Crippen MR) is 80.9 cm³/mol. The van der Waals surface area contributed by atoms with E-state index in [1.807, 2.05) is 12.1 Å². The Bertz CT molecular complexity index is 401. The zero-order chi connectivity index (χ0) is 13.7. The van der Waals surface area contributed by atoms with Crippen molar-refractivity contribution in [2.24, 2.45) is 5.92 Å². The number of methoxy groups -OCH3 is 1. The summed E-state index contributed by atoms with van der Waals surface area (Å²) in [5.74, 6) is 0.848. The molecule has 0 bridgehead atoms. The second-order valence-electron chi connectivity index (χ2n) is 5.61. The molecule has 106 valence electrons. The third kappa shape index (κ3) is 3.31. The summed E-state index contributed by atoms with van der Waals surface area (Å²) in [7, 11) is 1.74. The van der Waals surface area contributed by atoms with Crippen LogP contribution in [0.2, 0.25) is 5.02 Å². The van der Waals surface area contributed by atoms with E-state index in [-0.39, 0.29) is 5.41 Å². The molecule has 0 aliphatic heterocycles. The van der Waals surface area contributed by atoms with Gasteiger partial charge in [0.1, 0.15) is 0 Å². The number of benzene rings is 1. The summed E-state index contributed by atoms with van der Waals surface area (Å²) in [6.45, 7) is 4.94. The SMILES string of the molecule is CCC1CC(CNCCOC)(c2ccccc2Cl)C1. The lowest BCUT2D eigenvalue weighted by Crippen LogP contribution is -2.49. The Morgan fingerprint density at radius 2 is 2.11 bits per heavy atom. The molecule has 1 aliphatic carbocycles. The van der Waals surface area contributed by atoms with Gasteiger partial charge in [-0.15, -0.1) is 0 Å². The Hall–Kier alpha value is -0.570. The zero-order valence-corrected chi connectivity index (χ0v) is 12.7. The van der Waals surface area contributed by atoms with Crippen molar-refractivity contribution in [3.05, 3.63) is 34.9 Å². The van der Waals surface area contributed by atoms with Crippen molar-refractivity contribution < 1.29 is 4.74 Å². The Morgan fingerprint density at radius 3 is 2.74 bits per heavy atom. The molecule has 1 fully saturated rings. The van der Waals surface area contributed by atoms with E-state index < -0.39 is 0 Å². The fraction of sp³-hybridized carbons (Fsp3) is 0.625. The monoisotopic (exact) mass is 281 g/mol. The number of halogens is 1. The second-order valence-corrected chi connectivity index (χ2v) is 6.02. The van der Waals surface area contributed by atoms with Gasteiger partial charge in [-0.3, -0.25) is 0 Å². The molecule has 0 heterocycles. The van der Waals surface area contributed by atoms with Crippen LogP contribution in [-0.2, 0) is 10.2 Å².